The first-order valence-corrected chi connectivity index (χ1v) is 6.89. The smallest absolute Gasteiger partial charge is 0.316 e. The van der Waals surface area contributed by atoms with Gasteiger partial charge in [-0.15, -0.1) is 0 Å². The lowest BCUT2D eigenvalue weighted by atomic mass is 9.84. The van der Waals surface area contributed by atoms with Gasteiger partial charge in [0.2, 0.25) is 0 Å². The fraction of sp³-hybridized carbons (Fsp3) is 0.438. The number of nitrogens with zero attached hydrogens (tertiary/aromatic N) is 2. The summed E-state index contributed by atoms with van der Waals surface area (Å²) >= 11 is 0. The topological polar surface area (TPSA) is 58.4 Å². The number of ether oxygens (including phenoxy) is 1. The van der Waals surface area contributed by atoms with Crippen molar-refractivity contribution >= 4 is 5.84 Å². The molecule has 21 heavy (non-hydrogen) atoms. The maximum Gasteiger partial charge on any atom is 0.316 e. The molecule has 1 aromatic rings. The van der Waals surface area contributed by atoms with E-state index in [1.54, 1.807) is 58.0 Å². The summed E-state index contributed by atoms with van der Waals surface area (Å²) in [4.78, 5) is 0. The van der Waals surface area contributed by atoms with Gasteiger partial charge >= 0.3 is 5.84 Å². The zero-order chi connectivity index (χ0) is 15.8. The van der Waals surface area contributed by atoms with Gasteiger partial charge in [0.15, 0.2) is 5.54 Å². The molecular formula is C16H21N2O3. The van der Waals surface area contributed by atoms with Crippen LogP contribution < -0.4 is 4.74 Å². The second kappa shape index (κ2) is 5.07. The Morgan fingerprint density at radius 2 is 1.86 bits per heavy atom. The summed E-state index contributed by atoms with van der Waals surface area (Å²) in [7, 11) is 0. The van der Waals surface area contributed by atoms with E-state index < -0.39 is 11.1 Å². The molecule has 1 aromatic carbocycles. The number of rotatable bonds is 4. The summed E-state index contributed by atoms with van der Waals surface area (Å²) in [5.41, 5.74) is -1.02. The summed E-state index contributed by atoms with van der Waals surface area (Å²) in [6, 6.07) is 6.93. The lowest BCUT2D eigenvalue weighted by Gasteiger charge is -2.32. The molecule has 2 rings (SSSR count). The van der Waals surface area contributed by atoms with Crippen LogP contribution in [0, 0.1) is 5.21 Å². The van der Waals surface area contributed by atoms with Crippen LogP contribution in [0.3, 0.4) is 0 Å². The Hall–Kier alpha value is -2.01. The minimum absolute atomic E-state index is 0.139. The highest BCUT2D eigenvalue weighted by atomic mass is 16.5. The summed E-state index contributed by atoms with van der Waals surface area (Å²) in [5.74, 6) is 0.811. The van der Waals surface area contributed by atoms with Gasteiger partial charge in [0.05, 0.1) is 5.56 Å². The third kappa shape index (κ3) is 2.27. The Balaban J connectivity index is 2.37. The molecule has 1 aliphatic heterocycles. The SMILES string of the molecule is C=CCOc1ccc(C2=[N+]([O-])C(C)(C)C(C)(C)N2[O])cc1. The zero-order valence-electron chi connectivity index (χ0n) is 12.9. The van der Waals surface area contributed by atoms with Crippen LogP contribution in [0.5, 0.6) is 5.75 Å². The molecule has 0 amide bonds. The molecule has 0 bridgehead atoms. The first-order valence-electron chi connectivity index (χ1n) is 6.89. The van der Waals surface area contributed by atoms with E-state index in [1.165, 1.54) is 0 Å². The molecular weight excluding hydrogens is 268 g/mol. The van der Waals surface area contributed by atoms with Crippen molar-refractivity contribution in [2.45, 2.75) is 38.8 Å². The van der Waals surface area contributed by atoms with E-state index in [0.29, 0.717) is 17.9 Å². The number of amidine groups is 1. The van der Waals surface area contributed by atoms with Gasteiger partial charge in [0.25, 0.3) is 0 Å². The third-order valence-corrected chi connectivity index (χ3v) is 4.38. The van der Waals surface area contributed by atoms with E-state index in [0.717, 1.165) is 9.80 Å². The van der Waals surface area contributed by atoms with Crippen LogP contribution in [0.25, 0.3) is 0 Å². The van der Waals surface area contributed by atoms with Crippen LogP contribution in [0.4, 0.5) is 0 Å². The zero-order valence-corrected chi connectivity index (χ0v) is 12.9. The second-order valence-electron chi connectivity index (χ2n) is 6.15. The lowest BCUT2D eigenvalue weighted by Crippen LogP contribution is -2.53. The molecule has 1 aliphatic rings. The van der Waals surface area contributed by atoms with Crippen LogP contribution in [-0.4, -0.2) is 33.3 Å². The molecule has 0 aromatic heterocycles. The Bertz CT molecular complexity index is 574. The average molecular weight is 289 g/mol. The third-order valence-electron chi connectivity index (χ3n) is 4.38. The number of benzene rings is 1. The molecule has 5 nitrogen and oxygen atoms in total. The van der Waals surface area contributed by atoms with Crippen molar-refractivity contribution in [3.63, 3.8) is 0 Å². The van der Waals surface area contributed by atoms with E-state index >= 15 is 0 Å². The van der Waals surface area contributed by atoms with Crippen molar-refractivity contribution in [2.24, 2.45) is 0 Å². The summed E-state index contributed by atoms with van der Waals surface area (Å²) < 4.78 is 6.20. The minimum atomic E-state index is -0.803. The summed E-state index contributed by atoms with van der Waals surface area (Å²) in [6.07, 6.45) is 1.66. The van der Waals surface area contributed by atoms with Crippen molar-refractivity contribution < 1.29 is 14.7 Å². The standard InChI is InChI=1S/C16H21N2O3/c1-6-11-21-13-9-7-12(8-10-13)14-17(19)15(2,3)16(4,5)18(14)20/h6-10H,1,11H2,2-5H3. The van der Waals surface area contributed by atoms with Crippen molar-refractivity contribution in [3.8, 4) is 5.75 Å². The van der Waals surface area contributed by atoms with Gasteiger partial charge in [-0.05, 0) is 52.0 Å². The Labute approximate surface area is 125 Å². The van der Waals surface area contributed by atoms with Gasteiger partial charge < -0.3 is 9.94 Å². The van der Waals surface area contributed by atoms with Gasteiger partial charge in [-0.2, -0.15) is 0 Å². The van der Waals surface area contributed by atoms with Crippen molar-refractivity contribution in [3.05, 3.63) is 47.7 Å². The van der Waals surface area contributed by atoms with Crippen LogP contribution in [0.2, 0.25) is 0 Å². The van der Waals surface area contributed by atoms with Crippen LogP contribution in [0.1, 0.15) is 33.3 Å². The Morgan fingerprint density at radius 3 is 2.29 bits per heavy atom. The molecule has 0 saturated carbocycles. The molecule has 0 unspecified atom stereocenters. The normalized spacial score (nSPS) is 19.8. The van der Waals surface area contributed by atoms with Gasteiger partial charge in [-0.1, -0.05) is 17.7 Å². The second-order valence-corrected chi connectivity index (χ2v) is 6.15. The molecule has 0 fully saturated rings. The van der Waals surface area contributed by atoms with Crippen molar-refractivity contribution in [1.29, 1.82) is 0 Å². The van der Waals surface area contributed by atoms with Crippen LogP contribution in [0.15, 0.2) is 36.9 Å². The molecule has 1 heterocycles. The van der Waals surface area contributed by atoms with E-state index in [-0.39, 0.29) is 5.84 Å². The highest BCUT2D eigenvalue weighted by Gasteiger charge is 2.59. The largest absolute Gasteiger partial charge is 0.714 e. The number of hydroxylamine groups is 3. The van der Waals surface area contributed by atoms with Gasteiger partial charge in [-0.25, -0.2) is 0 Å². The van der Waals surface area contributed by atoms with E-state index in [1.807, 2.05) is 0 Å². The number of hydrogen-bond donors (Lipinski definition) is 0. The van der Waals surface area contributed by atoms with Crippen LogP contribution >= 0.6 is 0 Å². The molecule has 0 atom stereocenters. The van der Waals surface area contributed by atoms with Crippen LogP contribution in [-0.2, 0) is 5.21 Å². The van der Waals surface area contributed by atoms with Gasteiger partial charge in [0, 0.05) is 5.21 Å². The van der Waals surface area contributed by atoms with E-state index in [9.17, 15) is 10.4 Å². The fourth-order valence-electron chi connectivity index (χ4n) is 2.20. The maximum atomic E-state index is 12.5. The molecule has 0 saturated heterocycles. The molecule has 0 N–H and O–H groups in total. The first kappa shape index (κ1) is 15.4. The predicted octanol–water partition coefficient (Wildman–Crippen LogP) is 2.73. The van der Waals surface area contributed by atoms with Gasteiger partial charge in [0.1, 0.15) is 17.9 Å². The molecule has 113 valence electrons. The highest BCUT2D eigenvalue weighted by molar-refractivity contribution is 5.96. The average Bonchev–Trinajstić information content (AvgIpc) is 2.56. The first-order chi connectivity index (χ1) is 9.73. The summed E-state index contributed by atoms with van der Waals surface area (Å²) in [6.45, 7) is 11.1. The monoisotopic (exact) mass is 289 g/mol. The molecule has 0 spiro atoms. The maximum absolute atomic E-state index is 12.5. The number of hydrogen-bond acceptors (Lipinski definition) is 3. The summed E-state index contributed by atoms with van der Waals surface area (Å²) in [5, 5.41) is 25.8. The quantitative estimate of drug-likeness (QED) is 0.486. The molecule has 1 radical (unpaired) electrons. The molecule has 5 heteroatoms. The van der Waals surface area contributed by atoms with Crippen molar-refractivity contribution in [2.75, 3.05) is 6.61 Å². The predicted molar refractivity (Wildman–Crippen MR) is 80.6 cm³/mol. The van der Waals surface area contributed by atoms with Crippen molar-refractivity contribution in [1.82, 2.24) is 5.06 Å². The minimum Gasteiger partial charge on any atom is -0.714 e. The Kier molecular flexibility index (Phi) is 3.72. The lowest BCUT2D eigenvalue weighted by molar-refractivity contribution is -0.539. The van der Waals surface area contributed by atoms with E-state index in [2.05, 4.69) is 6.58 Å². The Morgan fingerprint density at radius 1 is 1.29 bits per heavy atom. The fourth-order valence-corrected chi connectivity index (χ4v) is 2.20. The highest BCUT2D eigenvalue weighted by Crippen LogP contribution is 2.37. The molecule has 0 aliphatic carbocycles. The van der Waals surface area contributed by atoms with Gasteiger partial charge in [-0.3, -0.25) is 4.74 Å². The van der Waals surface area contributed by atoms with E-state index in [4.69, 9.17) is 4.74 Å².